The Morgan fingerprint density at radius 2 is 1.94 bits per heavy atom. The Hall–Kier alpha value is -0.120. The van der Waals surface area contributed by atoms with Crippen molar-refractivity contribution in [1.29, 1.82) is 0 Å². The third-order valence-electron chi connectivity index (χ3n) is 4.39. The summed E-state index contributed by atoms with van der Waals surface area (Å²) in [5, 5.41) is 0. The fourth-order valence-corrected chi connectivity index (χ4v) is 3.37. The van der Waals surface area contributed by atoms with E-state index in [1.807, 2.05) is 0 Å². The van der Waals surface area contributed by atoms with Gasteiger partial charge in [-0.1, -0.05) is 19.8 Å². The smallest absolute Gasteiger partial charge is 0.0283 e. The van der Waals surface area contributed by atoms with Crippen LogP contribution in [0.1, 0.15) is 39.5 Å². The zero-order valence-corrected chi connectivity index (χ0v) is 10.9. The van der Waals surface area contributed by atoms with E-state index in [9.17, 15) is 0 Å². The van der Waals surface area contributed by atoms with Crippen molar-refractivity contribution < 1.29 is 0 Å². The minimum atomic E-state index is 0.133. The Morgan fingerprint density at radius 1 is 1.25 bits per heavy atom. The molecule has 0 aromatic carbocycles. The van der Waals surface area contributed by atoms with Crippen LogP contribution in [0.4, 0.5) is 0 Å². The predicted octanol–water partition coefficient (Wildman–Crippen LogP) is 1.28. The van der Waals surface area contributed by atoms with Crippen molar-refractivity contribution in [3.63, 3.8) is 0 Å². The maximum atomic E-state index is 6.45. The third kappa shape index (κ3) is 2.76. The molecule has 94 valence electrons. The number of piperazine rings is 1. The van der Waals surface area contributed by atoms with Crippen LogP contribution in [0.2, 0.25) is 0 Å². The van der Waals surface area contributed by atoms with Crippen molar-refractivity contribution in [2.45, 2.75) is 51.1 Å². The fourth-order valence-electron chi connectivity index (χ4n) is 3.37. The van der Waals surface area contributed by atoms with Gasteiger partial charge in [-0.15, -0.1) is 0 Å². The Balaban J connectivity index is 1.83. The van der Waals surface area contributed by atoms with Crippen molar-refractivity contribution in [1.82, 2.24) is 9.80 Å². The van der Waals surface area contributed by atoms with Crippen molar-refractivity contribution >= 4 is 0 Å². The molecule has 2 rings (SSSR count). The van der Waals surface area contributed by atoms with Crippen LogP contribution in [-0.4, -0.2) is 54.1 Å². The van der Waals surface area contributed by atoms with Gasteiger partial charge in [0, 0.05) is 37.8 Å². The molecule has 1 heterocycles. The van der Waals surface area contributed by atoms with Gasteiger partial charge in [-0.05, 0) is 26.3 Å². The first kappa shape index (κ1) is 12.3. The van der Waals surface area contributed by atoms with E-state index in [-0.39, 0.29) is 5.54 Å². The highest BCUT2D eigenvalue weighted by Crippen LogP contribution is 2.28. The first-order chi connectivity index (χ1) is 7.63. The minimum Gasteiger partial charge on any atom is -0.324 e. The Morgan fingerprint density at radius 3 is 2.50 bits per heavy atom. The lowest BCUT2D eigenvalue weighted by Crippen LogP contribution is -2.57. The molecule has 1 saturated heterocycles. The summed E-state index contributed by atoms with van der Waals surface area (Å²) < 4.78 is 0. The largest absolute Gasteiger partial charge is 0.324 e. The SMILES string of the molecule is CCN1CCN(CC2(N)CCCC2)CC1C. The summed E-state index contributed by atoms with van der Waals surface area (Å²) in [5.41, 5.74) is 6.58. The normalized spacial score (nSPS) is 32.1. The Labute approximate surface area is 100.0 Å². The zero-order chi connectivity index (χ0) is 11.6. The number of nitrogens with zero attached hydrogens (tertiary/aromatic N) is 2. The van der Waals surface area contributed by atoms with Crippen molar-refractivity contribution in [2.24, 2.45) is 5.73 Å². The van der Waals surface area contributed by atoms with Gasteiger partial charge in [-0.2, -0.15) is 0 Å². The van der Waals surface area contributed by atoms with Crippen molar-refractivity contribution in [3.05, 3.63) is 0 Å². The van der Waals surface area contributed by atoms with Crippen molar-refractivity contribution in [2.75, 3.05) is 32.7 Å². The van der Waals surface area contributed by atoms with E-state index < -0.39 is 0 Å². The Bertz CT molecular complexity index is 223. The second-order valence-electron chi connectivity index (χ2n) is 5.78. The first-order valence-corrected chi connectivity index (χ1v) is 6.88. The molecule has 0 amide bonds. The van der Waals surface area contributed by atoms with Crippen LogP contribution in [0.15, 0.2) is 0 Å². The van der Waals surface area contributed by atoms with E-state index in [1.54, 1.807) is 0 Å². The molecule has 16 heavy (non-hydrogen) atoms. The average molecular weight is 225 g/mol. The number of rotatable bonds is 3. The topological polar surface area (TPSA) is 32.5 Å². The molecule has 1 aliphatic carbocycles. The molecule has 2 N–H and O–H groups in total. The molecule has 1 aliphatic heterocycles. The Kier molecular flexibility index (Phi) is 3.88. The summed E-state index contributed by atoms with van der Waals surface area (Å²) in [6, 6.07) is 0.698. The van der Waals surface area contributed by atoms with E-state index in [2.05, 4.69) is 23.6 Å². The van der Waals surface area contributed by atoms with Gasteiger partial charge < -0.3 is 5.73 Å². The van der Waals surface area contributed by atoms with Gasteiger partial charge in [0.2, 0.25) is 0 Å². The van der Waals surface area contributed by atoms with Gasteiger partial charge in [-0.3, -0.25) is 9.80 Å². The van der Waals surface area contributed by atoms with Crippen molar-refractivity contribution in [3.8, 4) is 0 Å². The second kappa shape index (κ2) is 5.03. The number of hydrogen-bond donors (Lipinski definition) is 1. The van der Waals surface area contributed by atoms with E-state index in [0.717, 1.165) is 6.54 Å². The monoisotopic (exact) mass is 225 g/mol. The molecule has 0 spiro atoms. The summed E-state index contributed by atoms with van der Waals surface area (Å²) in [6.45, 7) is 10.5. The van der Waals surface area contributed by atoms with Crippen LogP contribution in [-0.2, 0) is 0 Å². The third-order valence-corrected chi connectivity index (χ3v) is 4.39. The molecule has 0 aromatic heterocycles. The van der Waals surface area contributed by atoms with E-state index in [4.69, 9.17) is 5.73 Å². The molecule has 1 saturated carbocycles. The highest BCUT2D eigenvalue weighted by atomic mass is 15.3. The first-order valence-electron chi connectivity index (χ1n) is 6.88. The van der Waals surface area contributed by atoms with Gasteiger partial charge in [0.15, 0.2) is 0 Å². The zero-order valence-electron chi connectivity index (χ0n) is 10.9. The lowest BCUT2D eigenvalue weighted by molar-refractivity contribution is 0.0726. The van der Waals surface area contributed by atoms with E-state index in [1.165, 1.54) is 51.9 Å². The van der Waals surface area contributed by atoms with E-state index in [0.29, 0.717) is 6.04 Å². The maximum Gasteiger partial charge on any atom is 0.0283 e. The molecule has 0 bridgehead atoms. The van der Waals surface area contributed by atoms with Gasteiger partial charge in [0.05, 0.1) is 0 Å². The lowest BCUT2D eigenvalue weighted by Gasteiger charge is -2.42. The summed E-state index contributed by atoms with van der Waals surface area (Å²) in [6.07, 6.45) is 5.13. The van der Waals surface area contributed by atoms with Gasteiger partial charge in [-0.25, -0.2) is 0 Å². The van der Waals surface area contributed by atoms with Crippen LogP contribution < -0.4 is 5.73 Å². The van der Waals surface area contributed by atoms with Crippen LogP contribution >= 0.6 is 0 Å². The average Bonchev–Trinajstić information content (AvgIpc) is 2.65. The van der Waals surface area contributed by atoms with Gasteiger partial charge in [0.1, 0.15) is 0 Å². The number of likely N-dealkylation sites (N-methyl/N-ethyl adjacent to an activating group) is 1. The van der Waals surface area contributed by atoms with Crippen LogP contribution in [0.3, 0.4) is 0 Å². The molecule has 2 aliphatic rings. The second-order valence-corrected chi connectivity index (χ2v) is 5.78. The van der Waals surface area contributed by atoms with Gasteiger partial charge in [0.25, 0.3) is 0 Å². The summed E-state index contributed by atoms with van der Waals surface area (Å²) in [5.74, 6) is 0. The molecule has 2 fully saturated rings. The summed E-state index contributed by atoms with van der Waals surface area (Å²) in [7, 11) is 0. The lowest BCUT2D eigenvalue weighted by atomic mass is 9.97. The summed E-state index contributed by atoms with van der Waals surface area (Å²) >= 11 is 0. The molecule has 3 heteroatoms. The molecular weight excluding hydrogens is 198 g/mol. The molecule has 3 nitrogen and oxygen atoms in total. The highest BCUT2D eigenvalue weighted by molar-refractivity contribution is 4.93. The molecular formula is C13H27N3. The van der Waals surface area contributed by atoms with Crippen LogP contribution in [0.25, 0.3) is 0 Å². The molecule has 1 unspecified atom stereocenters. The molecule has 0 radical (unpaired) electrons. The molecule has 0 aromatic rings. The maximum absolute atomic E-state index is 6.45. The highest BCUT2D eigenvalue weighted by Gasteiger charge is 2.33. The van der Waals surface area contributed by atoms with Crippen LogP contribution in [0, 0.1) is 0 Å². The van der Waals surface area contributed by atoms with Crippen LogP contribution in [0.5, 0.6) is 0 Å². The number of nitrogens with two attached hydrogens (primary N) is 1. The quantitative estimate of drug-likeness (QED) is 0.785. The van der Waals surface area contributed by atoms with E-state index >= 15 is 0 Å². The van der Waals surface area contributed by atoms with Gasteiger partial charge >= 0.3 is 0 Å². The predicted molar refractivity (Wildman–Crippen MR) is 68.5 cm³/mol. The fraction of sp³-hybridized carbons (Fsp3) is 1.00. The molecule has 1 atom stereocenters. The minimum absolute atomic E-state index is 0.133. The summed E-state index contributed by atoms with van der Waals surface area (Å²) in [4.78, 5) is 5.15. The standard InChI is InChI=1S/C13H27N3/c1-3-16-9-8-15(10-12(16)2)11-13(14)6-4-5-7-13/h12H,3-11,14H2,1-2H3. The number of hydrogen-bond acceptors (Lipinski definition) is 3.